The monoisotopic (exact) mass is 272 g/mol. The van der Waals surface area contributed by atoms with Gasteiger partial charge in [-0.05, 0) is 26.2 Å². The first-order valence-electron chi connectivity index (χ1n) is 6.34. The lowest BCUT2D eigenvalue weighted by Gasteiger charge is -2.20. The van der Waals surface area contributed by atoms with Crippen LogP contribution in [-0.4, -0.2) is 54.2 Å². The number of carbonyl (C=O) groups is 3. The summed E-state index contributed by atoms with van der Waals surface area (Å²) in [5, 5.41) is 11.6. The molecular weight excluding hydrogens is 252 g/mol. The highest BCUT2D eigenvalue weighted by molar-refractivity contribution is 5.81. The van der Waals surface area contributed by atoms with Gasteiger partial charge in [0.1, 0.15) is 6.54 Å². The van der Waals surface area contributed by atoms with Crippen LogP contribution in [0.2, 0.25) is 0 Å². The lowest BCUT2D eigenvalue weighted by Crippen LogP contribution is -2.44. The normalized spacial score (nSPS) is 21.8. The number of carboxylic acids is 1. The van der Waals surface area contributed by atoms with Gasteiger partial charge in [0, 0.05) is 13.1 Å². The summed E-state index contributed by atoms with van der Waals surface area (Å²) >= 11 is 0. The van der Waals surface area contributed by atoms with E-state index in [0.717, 1.165) is 0 Å². The van der Waals surface area contributed by atoms with Gasteiger partial charge in [0.2, 0.25) is 0 Å². The number of hydrogen-bond donors (Lipinski definition) is 2. The van der Waals surface area contributed by atoms with Crippen molar-refractivity contribution < 1.29 is 24.2 Å². The first kappa shape index (κ1) is 15.3. The molecule has 2 unspecified atom stereocenters. The van der Waals surface area contributed by atoms with Crippen molar-refractivity contribution in [2.45, 2.75) is 32.2 Å². The molecule has 2 atom stereocenters. The molecule has 1 saturated carbocycles. The van der Waals surface area contributed by atoms with Crippen LogP contribution in [0.5, 0.6) is 0 Å². The van der Waals surface area contributed by atoms with Crippen LogP contribution in [0.15, 0.2) is 0 Å². The molecule has 0 aliphatic heterocycles. The van der Waals surface area contributed by atoms with E-state index < -0.39 is 11.9 Å². The van der Waals surface area contributed by atoms with Crippen molar-refractivity contribution in [2.24, 2.45) is 5.92 Å². The van der Waals surface area contributed by atoms with Crippen molar-refractivity contribution >= 4 is 18.0 Å². The molecule has 108 valence electrons. The first-order chi connectivity index (χ1) is 8.93. The predicted molar refractivity (Wildman–Crippen MR) is 66.6 cm³/mol. The number of aliphatic carboxylic acids is 1. The molecule has 0 radical (unpaired) electrons. The summed E-state index contributed by atoms with van der Waals surface area (Å²) in [5.41, 5.74) is 0. The second-order valence-electron chi connectivity index (χ2n) is 4.66. The Balaban J connectivity index is 2.35. The van der Waals surface area contributed by atoms with E-state index in [9.17, 15) is 14.4 Å². The highest BCUT2D eigenvalue weighted by Gasteiger charge is 2.31. The van der Waals surface area contributed by atoms with E-state index in [2.05, 4.69) is 5.32 Å². The average molecular weight is 272 g/mol. The first-order valence-corrected chi connectivity index (χ1v) is 6.34. The van der Waals surface area contributed by atoms with Crippen LogP contribution in [0.4, 0.5) is 4.79 Å². The third-order valence-electron chi connectivity index (χ3n) is 3.13. The Labute approximate surface area is 111 Å². The summed E-state index contributed by atoms with van der Waals surface area (Å²) in [6.07, 6.45) is 1.66. The molecule has 0 saturated heterocycles. The maximum atomic E-state index is 11.8. The molecule has 0 aromatic rings. The van der Waals surface area contributed by atoms with E-state index in [0.29, 0.717) is 19.3 Å². The fourth-order valence-corrected chi connectivity index (χ4v) is 2.09. The smallest absolute Gasteiger partial charge is 0.325 e. The van der Waals surface area contributed by atoms with Crippen LogP contribution in [0.3, 0.4) is 0 Å². The van der Waals surface area contributed by atoms with Gasteiger partial charge >= 0.3 is 18.0 Å². The van der Waals surface area contributed by atoms with E-state index in [-0.39, 0.29) is 31.1 Å². The van der Waals surface area contributed by atoms with E-state index >= 15 is 0 Å². The third kappa shape index (κ3) is 4.76. The highest BCUT2D eigenvalue weighted by atomic mass is 16.5. The molecule has 2 N–H and O–H groups in total. The van der Waals surface area contributed by atoms with Gasteiger partial charge in [-0.2, -0.15) is 0 Å². The van der Waals surface area contributed by atoms with Gasteiger partial charge in [-0.3, -0.25) is 9.59 Å². The molecule has 1 aliphatic rings. The lowest BCUT2D eigenvalue weighted by atomic mass is 10.1. The molecule has 7 heteroatoms. The molecule has 0 aromatic heterocycles. The molecule has 1 fully saturated rings. The van der Waals surface area contributed by atoms with Gasteiger partial charge in [-0.25, -0.2) is 4.79 Å². The summed E-state index contributed by atoms with van der Waals surface area (Å²) in [5.74, 6) is -1.67. The number of likely N-dealkylation sites (N-methyl/N-ethyl adjacent to an activating group) is 1. The maximum absolute atomic E-state index is 11.8. The molecule has 0 heterocycles. The number of urea groups is 1. The number of ether oxygens (including phenoxy) is 1. The third-order valence-corrected chi connectivity index (χ3v) is 3.13. The number of nitrogens with one attached hydrogen (secondary N) is 1. The van der Waals surface area contributed by atoms with Gasteiger partial charge in [-0.1, -0.05) is 0 Å². The van der Waals surface area contributed by atoms with Crippen molar-refractivity contribution in [1.29, 1.82) is 0 Å². The Morgan fingerprint density at radius 3 is 2.58 bits per heavy atom. The van der Waals surface area contributed by atoms with Crippen molar-refractivity contribution in [3.63, 3.8) is 0 Å². The van der Waals surface area contributed by atoms with Crippen molar-refractivity contribution in [2.75, 3.05) is 20.2 Å². The van der Waals surface area contributed by atoms with E-state index in [1.807, 2.05) is 0 Å². The SMILES string of the molecule is CCOC(=O)CN(C)C(=O)NC1CCC(C(=O)O)C1. The molecule has 7 nitrogen and oxygen atoms in total. The zero-order valence-corrected chi connectivity index (χ0v) is 11.2. The molecule has 2 amide bonds. The molecule has 0 spiro atoms. The number of amides is 2. The standard InChI is InChI=1S/C12H20N2O5/c1-3-19-10(15)7-14(2)12(18)13-9-5-4-8(6-9)11(16)17/h8-9H,3-7H2,1-2H3,(H,13,18)(H,16,17). The Morgan fingerprint density at radius 2 is 2.05 bits per heavy atom. The molecule has 1 aliphatic carbocycles. The van der Waals surface area contributed by atoms with Gasteiger partial charge in [-0.15, -0.1) is 0 Å². The number of nitrogens with zero attached hydrogens (tertiary/aromatic N) is 1. The van der Waals surface area contributed by atoms with Gasteiger partial charge < -0.3 is 20.1 Å². The highest BCUT2D eigenvalue weighted by Crippen LogP contribution is 2.25. The Kier molecular flexibility index (Phi) is 5.59. The minimum Gasteiger partial charge on any atom is -0.481 e. The number of rotatable bonds is 5. The number of hydrogen-bond acceptors (Lipinski definition) is 4. The topological polar surface area (TPSA) is 95.9 Å². The molecule has 1 rings (SSSR count). The number of carboxylic acid groups (broad SMARTS) is 1. The lowest BCUT2D eigenvalue weighted by molar-refractivity contribution is -0.143. The zero-order valence-electron chi connectivity index (χ0n) is 11.2. The minimum atomic E-state index is -0.823. The van der Waals surface area contributed by atoms with Crippen LogP contribution in [0.25, 0.3) is 0 Å². The Morgan fingerprint density at radius 1 is 1.37 bits per heavy atom. The van der Waals surface area contributed by atoms with Crippen LogP contribution >= 0.6 is 0 Å². The van der Waals surface area contributed by atoms with Crippen molar-refractivity contribution in [1.82, 2.24) is 10.2 Å². The fraction of sp³-hybridized carbons (Fsp3) is 0.750. The van der Waals surface area contributed by atoms with Crippen LogP contribution in [-0.2, 0) is 14.3 Å². The Bertz CT molecular complexity index is 358. The van der Waals surface area contributed by atoms with E-state index in [1.54, 1.807) is 6.92 Å². The largest absolute Gasteiger partial charge is 0.481 e. The summed E-state index contributed by atoms with van der Waals surface area (Å²) in [7, 11) is 1.50. The van der Waals surface area contributed by atoms with Crippen LogP contribution in [0, 0.1) is 5.92 Å². The van der Waals surface area contributed by atoms with Crippen LogP contribution in [0.1, 0.15) is 26.2 Å². The summed E-state index contributed by atoms with van der Waals surface area (Å²) < 4.78 is 4.74. The van der Waals surface area contributed by atoms with Crippen molar-refractivity contribution in [3.8, 4) is 0 Å². The quantitative estimate of drug-likeness (QED) is 0.708. The maximum Gasteiger partial charge on any atom is 0.325 e. The van der Waals surface area contributed by atoms with E-state index in [4.69, 9.17) is 9.84 Å². The Hall–Kier alpha value is -1.79. The van der Waals surface area contributed by atoms with Gasteiger partial charge in [0.15, 0.2) is 0 Å². The van der Waals surface area contributed by atoms with Gasteiger partial charge in [0.25, 0.3) is 0 Å². The minimum absolute atomic E-state index is 0.116. The average Bonchev–Trinajstić information content (AvgIpc) is 2.77. The summed E-state index contributed by atoms with van der Waals surface area (Å²) in [6.45, 7) is 1.86. The summed E-state index contributed by atoms with van der Waals surface area (Å²) in [6, 6.07) is -0.526. The molecule has 0 bridgehead atoms. The summed E-state index contributed by atoms with van der Waals surface area (Å²) in [4.78, 5) is 35.0. The predicted octanol–water partition coefficient (Wildman–Crippen LogP) is 0.444. The number of carbonyl (C=O) groups excluding carboxylic acids is 2. The van der Waals surface area contributed by atoms with Gasteiger partial charge in [0.05, 0.1) is 12.5 Å². The van der Waals surface area contributed by atoms with Crippen molar-refractivity contribution in [3.05, 3.63) is 0 Å². The molecular formula is C12H20N2O5. The number of esters is 1. The fourth-order valence-electron chi connectivity index (χ4n) is 2.09. The second kappa shape index (κ2) is 6.96. The van der Waals surface area contributed by atoms with E-state index in [1.165, 1.54) is 11.9 Å². The van der Waals surface area contributed by atoms with Crippen LogP contribution < -0.4 is 5.32 Å². The molecule has 0 aromatic carbocycles. The molecule has 19 heavy (non-hydrogen) atoms. The zero-order chi connectivity index (χ0) is 14.4. The second-order valence-corrected chi connectivity index (χ2v) is 4.66.